The summed E-state index contributed by atoms with van der Waals surface area (Å²) >= 11 is 0. The fraction of sp³-hybridized carbons (Fsp3) is 0.786. The normalized spacial score (nSPS) is 16.0. The van der Waals surface area contributed by atoms with Gasteiger partial charge in [-0.2, -0.15) is 0 Å². The zero-order valence-electron chi connectivity index (χ0n) is 21.9. The lowest BCUT2D eigenvalue weighted by Gasteiger charge is -2.38. The van der Waals surface area contributed by atoms with Gasteiger partial charge in [-0.3, -0.25) is 0 Å². The van der Waals surface area contributed by atoms with Crippen molar-refractivity contribution >= 4 is 0 Å². The molecule has 0 aliphatic rings. The number of hydrogen-bond donors (Lipinski definition) is 0. The minimum atomic E-state index is -0.597. The van der Waals surface area contributed by atoms with Crippen molar-refractivity contribution in [3.05, 3.63) is 29.8 Å². The molecule has 0 bridgehead atoms. The average Bonchev–Trinajstić information content (AvgIpc) is 2.63. The first-order valence-electron chi connectivity index (χ1n) is 12.2. The molecule has 0 aromatic heterocycles. The molecule has 2 nitrogen and oxygen atoms in total. The Hall–Kier alpha value is -1.02. The van der Waals surface area contributed by atoms with Gasteiger partial charge in [0.2, 0.25) is 5.79 Å². The third-order valence-electron chi connectivity index (χ3n) is 6.39. The van der Waals surface area contributed by atoms with Crippen LogP contribution in [0.3, 0.4) is 0 Å². The van der Waals surface area contributed by atoms with E-state index in [4.69, 9.17) is 9.47 Å². The Morgan fingerprint density at radius 3 is 1.73 bits per heavy atom. The van der Waals surface area contributed by atoms with Gasteiger partial charge in [0.1, 0.15) is 5.75 Å². The van der Waals surface area contributed by atoms with Crippen molar-refractivity contribution in [2.45, 2.75) is 126 Å². The van der Waals surface area contributed by atoms with E-state index in [2.05, 4.69) is 100 Å². The van der Waals surface area contributed by atoms with E-state index in [1.807, 2.05) is 0 Å². The van der Waals surface area contributed by atoms with Crippen LogP contribution in [-0.2, 0) is 4.74 Å². The minimum absolute atomic E-state index is 0.231. The third-order valence-corrected chi connectivity index (χ3v) is 6.39. The molecule has 1 aromatic rings. The van der Waals surface area contributed by atoms with Gasteiger partial charge < -0.3 is 9.47 Å². The molecule has 30 heavy (non-hydrogen) atoms. The number of rotatable bonds is 12. The minimum Gasteiger partial charge on any atom is -0.463 e. The molecule has 2 unspecified atom stereocenters. The van der Waals surface area contributed by atoms with Gasteiger partial charge in [0.05, 0.1) is 6.10 Å². The molecule has 0 spiro atoms. The summed E-state index contributed by atoms with van der Waals surface area (Å²) in [5.41, 5.74) is 1.97. The monoisotopic (exact) mass is 418 g/mol. The lowest BCUT2D eigenvalue weighted by molar-refractivity contribution is -0.209. The molecule has 0 fully saturated rings. The Morgan fingerprint density at radius 2 is 1.33 bits per heavy atom. The zero-order chi connectivity index (χ0) is 23.2. The molecular weight excluding hydrogens is 368 g/mol. The molecule has 0 aliphatic heterocycles. The molecule has 0 heterocycles. The molecule has 0 N–H and O–H groups in total. The van der Waals surface area contributed by atoms with Gasteiger partial charge in [-0.05, 0) is 59.6 Å². The molecule has 1 rings (SSSR count). The van der Waals surface area contributed by atoms with Crippen molar-refractivity contribution in [2.75, 3.05) is 0 Å². The number of hydrogen-bond acceptors (Lipinski definition) is 2. The fourth-order valence-electron chi connectivity index (χ4n) is 4.38. The van der Waals surface area contributed by atoms with E-state index in [1.165, 1.54) is 18.4 Å². The van der Waals surface area contributed by atoms with Crippen LogP contribution < -0.4 is 4.74 Å². The predicted octanol–water partition coefficient (Wildman–Crippen LogP) is 8.99. The maximum absolute atomic E-state index is 6.47. The first-order valence-corrected chi connectivity index (χ1v) is 12.2. The van der Waals surface area contributed by atoms with E-state index in [-0.39, 0.29) is 11.5 Å². The first-order chi connectivity index (χ1) is 13.7. The van der Waals surface area contributed by atoms with Crippen LogP contribution in [0.2, 0.25) is 0 Å². The predicted molar refractivity (Wildman–Crippen MR) is 131 cm³/mol. The lowest BCUT2D eigenvalue weighted by Crippen LogP contribution is -2.40. The fourth-order valence-corrected chi connectivity index (χ4v) is 4.38. The summed E-state index contributed by atoms with van der Waals surface area (Å²) in [7, 11) is 0. The molecule has 0 amide bonds. The van der Waals surface area contributed by atoms with Crippen molar-refractivity contribution in [1.29, 1.82) is 0 Å². The smallest absolute Gasteiger partial charge is 0.208 e. The van der Waals surface area contributed by atoms with Crippen molar-refractivity contribution in [2.24, 2.45) is 16.7 Å². The van der Waals surface area contributed by atoms with E-state index >= 15 is 0 Å². The van der Waals surface area contributed by atoms with Crippen LogP contribution in [0.25, 0.3) is 0 Å². The lowest BCUT2D eigenvalue weighted by atomic mass is 9.67. The van der Waals surface area contributed by atoms with E-state index in [0.717, 1.165) is 25.0 Å². The highest BCUT2D eigenvalue weighted by atomic mass is 16.7. The number of ether oxygens (including phenoxy) is 2. The standard InChI is InChI=1S/C28H50O2/c1-12-23(13-2)29-28(11,19-21(4)5)30-24-17-15-22(16-18-24)25(20-26(6,7)8)27(9,10)14-3/h15-18,21,23,25H,12-14,19-20H2,1-11H3. The highest BCUT2D eigenvalue weighted by molar-refractivity contribution is 5.31. The highest BCUT2D eigenvalue weighted by Gasteiger charge is 2.34. The van der Waals surface area contributed by atoms with Crippen molar-refractivity contribution in [3.63, 3.8) is 0 Å². The summed E-state index contributed by atoms with van der Waals surface area (Å²) in [6.07, 6.45) is 5.47. The van der Waals surface area contributed by atoms with E-state index in [9.17, 15) is 0 Å². The topological polar surface area (TPSA) is 18.5 Å². The van der Waals surface area contributed by atoms with Crippen LogP contribution in [0.1, 0.15) is 120 Å². The van der Waals surface area contributed by atoms with Crippen LogP contribution in [0.5, 0.6) is 5.75 Å². The zero-order valence-corrected chi connectivity index (χ0v) is 21.9. The van der Waals surface area contributed by atoms with Gasteiger partial charge in [-0.25, -0.2) is 0 Å². The quantitative estimate of drug-likeness (QED) is 0.315. The van der Waals surface area contributed by atoms with Crippen LogP contribution >= 0.6 is 0 Å². The molecule has 0 saturated heterocycles. The van der Waals surface area contributed by atoms with Crippen LogP contribution in [0, 0.1) is 16.7 Å². The molecule has 0 radical (unpaired) electrons. The Morgan fingerprint density at radius 1 is 0.800 bits per heavy atom. The Kier molecular flexibility index (Phi) is 9.93. The van der Waals surface area contributed by atoms with E-state index in [0.29, 0.717) is 17.3 Å². The van der Waals surface area contributed by atoms with Gasteiger partial charge in [-0.15, -0.1) is 0 Å². The van der Waals surface area contributed by atoms with Gasteiger partial charge in [-0.1, -0.05) is 87.8 Å². The van der Waals surface area contributed by atoms with Gasteiger partial charge >= 0.3 is 0 Å². The second-order valence-electron chi connectivity index (χ2n) is 11.6. The Bertz CT molecular complexity index is 605. The van der Waals surface area contributed by atoms with Crippen molar-refractivity contribution in [3.8, 4) is 5.75 Å². The second kappa shape index (κ2) is 11.0. The second-order valence-corrected chi connectivity index (χ2v) is 11.6. The van der Waals surface area contributed by atoms with Crippen molar-refractivity contribution in [1.82, 2.24) is 0 Å². The maximum Gasteiger partial charge on any atom is 0.208 e. The van der Waals surface area contributed by atoms with Gasteiger partial charge in [0, 0.05) is 13.3 Å². The molecule has 2 heteroatoms. The molecule has 1 aromatic carbocycles. The van der Waals surface area contributed by atoms with Crippen LogP contribution in [0.4, 0.5) is 0 Å². The Labute approximate surface area is 188 Å². The SMILES string of the molecule is CCC(CC)OC(C)(CC(C)C)Oc1ccc(C(CC(C)(C)C)C(C)(C)CC)cc1. The maximum atomic E-state index is 6.47. The molecule has 2 atom stereocenters. The summed E-state index contributed by atoms with van der Waals surface area (Å²) in [6.45, 7) is 25.1. The van der Waals surface area contributed by atoms with Gasteiger partial charge in [0.15, 0.2) is 0 Å². The van der Waals surface area contributed by atoms with Crippen LogP contribution in [-0.4, -0.2) is 11.9 Å². The molecule has 174 valence electrons. The molecular formula is C28H50O2. The Balaban J connectivity index is 3.12. The molecule has 0 saturated carbocycles. The van der Waals surface area contributed by atoms with E-state index in [1.54, 1.807) is 0 Å². The summed E-state index contributed by atoms with van der Waals surface area (Å²) in [4.78, 5) is 0. The first kappa shape index (κ1) is 27.0. The van der Waals surface area contributed by atoms with Gasteiger partial charge in [0.25, 0.3) is 0 Å². The summed E-state index contributed by atoms with van der Waals surface area (Å²) < 4.78 is 12.9. The summed E-state index contributed by atoms with van der Waals surface area (Å²) in [5.74, 6) is 1.33. The van der Waals surface area contributed by atoms with Crippen molar-refractivity contribution < 1.29 is 9.47 Å². The van der Waals surface area contributed by atoms with E-state index < -0.39 is 5.79 Å². The summed E-state index contributed by atoms with van der Waals surface area (Å²) in [5, 5.41) is 0. The summed E-state index contributed by atoms with van der Waals surface area (Å²) in [6, 6.07) is 8.84. The van der Waals surface area contributed by atoms with Crippen LogP contribution in [0.15, 0.2) is 24.3 Å². The molecule has 0 aliphatic carbocycles. The largest absolute Gasteiger partial charge is 0.463 e. The highest BCUT2D eigenvalue weighted by Crippen LogP contribution is 2.45. The third kappa shape index (κ3) is 8.61. The average molecular weight is 419 g/mol. The number of benzene rings is 1.